The second-order valence-electron chi connectivity index (χ2n) is 11.4. The number of aliphatic hydroxyl groups excluding tert-OH is 2. The summed E-state index contributed by atoms with van der Waals surface area (Å²) < 4.78 is 0. The summed E-state index contributed by atoms with van der Waals surface area (Å²) in [7, 11) is 0. The third kappa shape index (κ3) is 4.43. The molecule has 6 heteroatoms. The van der Waals surface area contributed by atoms with Gasteiger partial charge in [0.2, 0.25) is 0 Å². The van der Waals surface area contributed by atoms with Crippen LogP contribution in [0.2, 0.25) is 0 Å². The van der Waals surface area contributed by atoms with Crippen LogP contribution in [0, 0.1) is 11.8 Å². The molecule has 0 aliphatic carbocycles. The second kappa shape index (κ2) is 10.8. The fraction of sp³-hybridized carbons (Fsp3) is 0.441. The first-order valence-electron chi connectivity index (χ1n) is 14.7. The molecule has 8 bridgehead atoms. The number of hydrogen-bond donors (Lipinski definition) is 3. The highest BCUT2D eigenvalue weighted by atomic mass is 16.3. The van der Waals surface area contributed by atoms with Crippen molar-refractivity contribution in [2.75, 3.05) is 0 Å². The molecule has 5 aliphatic rings. The van der Waals surface area contributed by atoms with Crippen molar-refractivity contribution >= 4 is 17.1 Å². The van der Waals surface area contributed by atoms with Crippen molar-refractivity contribution in [1.82, 2.24) is 5.32 Å². The van der Waals surface area contributed by atoms with Gasteiger partial charge in [0.15, 0.2) is 0 Å². The predicted octanol–water partition coefficient (Wildman–Crippen LogP) is 7.47. The molecule has 0 spiro atoms. The molecule has 5 rings (SSSR count). The molecule has 1 fully saturated rings. The monoisotopic (exact) mass is 538 g/mol. The average molecular weight is 539 g/mol. The third-order valence-electron chi connectivity index (χ3n) is 9.02. The van der Waals surface area contributed by atoms with Crippen molar-refractivity contribution < 1.29 is 10.2 Å². The predicted molar refractivity (Wildman–Crippen MR) is 165 cm³/mol. The number of aliphatic imine (C=N–C) groups is 3. The highest BCUT2D eigenvalue weighted by Gasteiger charge is 2.37. The van der Waals surface area contributed by atoms with Gasteiger partial charge < -0.3 is 15.5 Å². The van der Waals surface area contributed by atoms with Gasteiger partial charge in [-0.05, 0) is 93.1 Å². The standard InChI is InChI=1S/C34H42N4O2/c1-9-12-24-18(5)27-13-29-20(7)32(21(8)40)31(36-29)15-26-17(4)22(10-2)30(35-26)14-28-19(6)25(16-39)34(38-28)23(11-3)33(24)37-27/h13-16,18,21,24,37,39-40H,9-12H2,1-8H3. The van der Waals surface area contributed by atoms with E-state index < -0.39 is 6.10 Å². The van der Waals surface area contributed by atoms with Crippen LogP contribution in [0.25, 0.3) is 0 Å². The van der Waals surface area contributed by atoms with E-state index in [0.717, 1.165) is 99.0 Å². The topological polar surface area (TPSA) is 89.6 Å². The first kappa shape index (κ1) is 28.0. The fourth-order valence-electron chi connectivity index (χ4n) is 6.72. The largest absolute Gasteiger partial charge is 0.515 e. The van der Waals surface area contributed by atoms with Gasteiger partial charge in [0.05, 0.1) is 46.6 Å². The average Bonchev–Trinajstić information content (AvgIpc) is 3.59. The summed E-state index contributed by atoms with van der Waals surface area (Å²) in [5.74, 6) is 0.575. The van der Waals surface area contributed by atoms with Crippen molar-refractivity contribution in [2.45, 2.75) is 87.2 Å². The minimum atomic E-state index is -0.647. The molecule has 0 amide bonds. The molecular formula is C34H42N4O2. The number of aliphatic hydroxyl groups is 2. The van der Waals surface area contributed by atoms with Crippen LogP contribution in [0.15, 0.2) is 107 Å². The van der Waals surface area contributed by atoms with Crippen LogP contribution < -0.4 is 5.32 Å². The molecule has 5 aliphatic heterocycles. The van der Waals surface area contributed by atoms with Gasteiger partial charge in [-0.2, -0.15) is 0 Å². The highest BCUT2D eigenvalue weighted by Crippen LogP contribution is 2.42. The van der Waals surface area contributed by atoms with E-state index in [4.69, 9.17) is 15.0 Å². The smallest absolute Gasteiger partial charge is 0.0889 e. The summed E-state index contributed by atoms with van der Waals surface area (Å²) in [4.78, 5) is 15.2. The summed E-state index contributed by atoms with van der Waals surface area (Å²) in [5, 5.41) is 25.0. The Hall–Kier alpha value is -3.51. The molecule has 3 atom stereocenters. The number of allylic oxidation sites excluding steroid dienone is 11. The van der Waals surface area contributed by atoms with Gasteiger partial charge in [0.25, 0.3) is 0 Å². The molecular weight excluding hydrogens is 496 g/mol. The van der Waals surface area contributed by atoms with Crippen molar-refractivity contribution in [3.05, 3.63) is 92.0 Å². The van der Waals surface area contributed by atoms with Crippen LogP contribution >= 0.6 is 0 Å². The van der Waals surface area contributed by atoms with Crippen molar-refractivity contribution in [1.29, 1.82) is 0 Å². The van der Waals surface area contributed by atoms with E-state index in [2.05, 4.69) is 52.1 Å². The Morgan fingerprint density at radius 2 is 1.57 bits per heavy atom. The van der Waals surface area contributed by atoms with Crippen LogP contribution in [0.5, 0.6) is 0 Å². The van der Waals surface area contributed by atoms with Crippen molar-refractivity contribution in [2.24, 2.45) is 26.8 Å². The van der Waals surface area contributed by atoms with E-state index in [1.54, 1.807) is 0 Å². The second-order valence-corrected chi connectivity index (χ2v) is 11.4. The number of rotatable bonds is 5. The SMILES string of the molecule is CCCC1C2=C(CC)C3=NC(=C(C)C3=CO)C=C3N=C(C=C4N=C(C=C(N2)C1C)C(C)=C4C(C)O)C(C)=C3CC. The van der Waals surface area contributed by atoms with Crippen molar-refractivity contribution in [3.63, 3.8) is 0 Å². The summed E-state index contributed by atoms with van der Waals surface area (Å²) in [6, 6.07) is 0. The van der Waals surface area contributed by atoms with Crippen LogP contribution in [0.4, 0.5) is 0 Å². The van der Waals surface area contributed by atoms with Crippen LogP contribution in [-0.2, 0) is 0 Å². The lowest BCUT2D eigenvalue weighted by Gasteiger charge is -2.19. The van der Waals surface area contributed by atoms with Gasteiger partial charge >= 0.3 is 0 Å². The Labute approximate surface area is 238 Å². The number of nitrogens with one attached hydrogen (secondary N) is 1. The Morgan fingerprint density at radius 1 is 0.900 bits per heavy atom. The number of hydrogen-bond acceptors (Lipinski definition) is 6. The zero-order valence-corrected chi connectivity index (χ0v) is 25.1. The summed E-state index contributed by atoms with van der Waals surface area (Å²) in [6.45, 7) is 16.8. The Balaban J connectivity index is 1.84. The van der Waals surface area contributed by atoms with E-state index in [-0.39, 0.29) is 5.92 Å². The molecule has 0 radical (unpaired) electrons. The molecule has 210 valence electrons. The zero-order chi connectivity index (χ0) is 28.9. The molecule has 1 saturated heterocycles. The molecule has 0 saturated carbocycles. The lowest BCUT2D eigenvalue weighted by molar-refractivity contribution is 0.233. The molecule has 0 aromatic rings. The van der Waals surface area contributed by atoms with E-state index >= 15 is 0 Å². The lowest BCUT2D eigenvalue weighted by atomic mass is 9.85. The molecule has 0 aromatic heterocycles. The first-order chi connectivity index (χ1) is 19.1. The summed E-state index contributed by atoms with van der Waals surface area (Å²) >= 11 is 0. The molecule has 0 aromatic carbocycles. The van der Waals surface area contributed by atoms with Crippen LogP contribution in [-0.4, -0.2) is 33.5 Å². The van der Waals surface area contributed by atoms with Gasteiger partial charge in [0.1, 0.15) is 0 Å². The van der Waals surface area contributed by atoms with E-state index in [0.29, 0.717) is 5.92 Å². The third-order valence-corrected chi connectivity index (χ3v) is 9.02. The summed E-state index contributed by atoms with van der Waals surface area (Å²) in [5.41, 5.74) is 14.4. The number of fused-ring (bicyclic) bond motifs is 5. The quantitative estimate of drug-likeness (QED) is 0.317. The van der Waals surface area contributed by atoms with E-state index in [9.17, 15) is 10.2 Å². The van der Waals surface area contributed by atoms with Crippen LogP contribution in [0.3, 0.4) is 0 Å². The van der Waals surface area contributed by atoms with Crippen molar-refractivity contribution in [3.8, 4) is 0 Å². The van der Waals surface area contributed by atoms with Gasteiger partial charge in [-0.15, -0.1) is 0 Å². The molecule has 3 N–H and O–H groups in total. The Morgan fingerprint density at radius 3 is 2.20 bits per heavy atom. The molecule has 40 heavy (non-hydrogen) atoms. The Bertz CT molecular complexity index is 1510. The highest BCUT2D eigenvalue weighted by molar-refractivity contribution is 6.18. The molecule has 5 heterocycles. The first-order valence-corrected chi connectivity index (χ1v) is 14.7. The minimum Gasteiger partial charge on any atom is -0.515 e. The normalized spacial score (nSPS) is 26.3. The zero-order valence-electron chi connectivity index (χ0n) is 25.1. The summed E-state index contributed by atoms with van der Waals surface area (Å²) in [6.07, 6.45) is 10.5. The number of nitrogens with zero attached hydrogens (tertiary/aromatic N) is 3. The molecule has 3 unspecified atom stereocenters. The van der Waals surface area contributed by atoms with E-state index in [1.807, 2.05) is 26.8 Å². The maximum Gasteiger partial charge on any atom is 0.0889 e. The maximum atomic E-state index is 10.8. The van der Waals surface area contributed by atoms with Crippen LogP contribution in [0.1, 0.15) is 81.1 Å². The minimum absolute atomic E-state index is 0.266. The maximum absolute atomic E-state index is 10.8. The van der Waals surface area contributed by atoms with Gasteiger partial charge in [-0.3, -0.25) is 0 Å². The van der Waals surface area contributed by atoms with E-state index in [1.165, 1.54) is 17.5 Å². The lowest BCUT2D eigenvalue weighted by Crippen LogP contribution is -2.17. The molecule has 6 nitrogen and oxygen atoms in total. The van der Waals surface area contributed by atoms with Gasteiger partial charge in [-0.1, -0.05) is 34.1 Å². The van der Waals surface area contributed by atoms with Gasteiger partial charge in [-0.25, -0.2) is 15.0 Å². The fourth-order valence-corrected chi connectivity index (χ4v) is 6.72. The van der Waals surface area contributed by atoms with Gasteiger partial charge in [0, 0.05) is 34.4 Å². The Kier molecular flexibility index (Phi) is 7.58.